The molecule has 0 unspecified atom stereocenters. The molecule has 0 aliphatic carbocycles. The number of aliphatic carboxylic acids is 1. The average molecular weight is 367 g/mol. The summed E-state index contributed by atoms with van der Waals surface area (Å²) >= 11 is 0. The molecule has 0 bridgehead atoms. The van der Waals surface area contributed by atoms with Crippen molar-refractivity contribution >= 4 is 27.7 Å². The number of hydrogen-bond acceptors (Lipinski definition) is 5. The highest BCUT2D eigenvalue weighted by molar-refractivity contribution is 7.90. The highest BCUT2D eigenvalue weighted by atomic mass is 32.2. The molecule has 0 aromatic heterocycles. The summed E-state index contributed by atoms with van der Waals surface area (Å²) in [5.74, 6) is -1.01. The van der Waals surface area contributed by atoms with Crippen LogP contribution in [0.3, 0.4) is 0 Å². The molecule has 0 saturated heterocycles. The lowest BCUT2D eigenvalue weighted by atomic mass is 10.1. The van der Waals surface area contributed by atoms with Crippen LogP contribution >= 0.6 is 0 Å². The van der Waals surface area contributed by atoms with Crippen molar-refractivity contribution in [1.82, 2.24) is 10.0 Å². The smallest absolute Gasteiger partial charge is 0.325 e. The summed E-state index contributed by atoms with van der Waals surface area (Å²) in [4.78, 5) is 26.7. The Morgan fingerprint density at radius 2 is 1.96 bits per heavy atom. The number of benzene rings is 1. The fraction of sp³-hybridized carbons (Fsp3) is 0.438. The van der Waals surface area contributed by atoms with E-state index in [2.05, 4.69) is 15.0 Å². The van der Waals surface area contributed by atoms with E-state index in [-0.39, 0.29) is 17.2 Å². The molecule has 3 N–H and O–H groups in total. The molecule has 1 heterocycles. The summed E-state index contributed by atoms with van der Waals surface area (Å²) in [7, 11) is -3.51. The molecule has 2 rings (SSSR count). The van der Waals surface area contributed by atoms with Gasteiger partial charge in [-0.25, -0.2) is 8.42 Å². The lowest BCUT2D eigenvalue weighted by Crippen LogP contribution is -2.38. The van der Waals surface area contributed by atoms with Crippen LogP contribution < -0.4 is 10.0 Å². The minimum absolute atomic E-state index is 0.234. The molecule has 9 heteroatoms. The molecule has 1 atom stereocenters. The Morgan fingerprint density at radius 1 is 1.24 bits per heavy atom. The Bertz CT molecular complexity index is 789. The van der Waals surface area contributed by atoms with Crippen molar-refractivity contribution in [1.29, 1.82) is 0 Å². The highest BCUT2D eigenvalue weighted by Crippen LogP contribution is 2.22. The third-order valence-corrected chi connectivity index (χ3v) is 5.14. The normalized spacial score (nSPS) is 17.6. The maximum absolute atomic E-state index is 11.9. The zero-order valence-corrected chi connectivity index (χ0v) is 14.7. The number of nitrogens with zero attached hydrogens (tertiary/aromatic N) is 1. The molecule has 0 radical (unpaired) electrons. The van der Waals surface area contributed by atoms with Crippen LogP contribution in [-0.2, 0) is 19.6 Å². The number of fused-ring (bicyclic) bond motifs is 1. The Balaban J connectivity index is 1.74. The number of hydrogen-bond donors (Lipinski definition) is 3. The van der Waals surface area contributed by atoms with Gasteiger partial charge >= 0.3 is 5.97 Å². The summed E-state index contributed by atoms with van der Waals surface area (Å²) in [6.45, 7) is 1.86. The number of aliphatic imine (C=N–C) groups is 1. The van der Waals surface area contributed by atoms with E-state index in [0.717, 1.165) is 6.42 Å². The summed E-state index contributed by atoms with van der Waals surface area (Å²) < 4.78 is 26.3. The molecule has 0 saturated carbocycles. The van der Waals surface area contributed by atoms with Crippen molar-refractivity contribution in [3.05, 3.63) is 29.8 Å². The molecule has 136 valence electrons. The highest BCUT2D eigenvalue weighted by Gasteiger charge is 2.29. The molecule has 1 amide bonds. The second-order valence-electron chi connectivity index (χ2n) is 5.77. The van der Waals surface area contributed by atoms with Gasteiger partial charge in [-0.3, -0.25) is 19.3 Å². The second kappa shape index (κ2) is 8.11. The van der Waals surface area contributed by atoms with Crippen molar-refractivity contribution in [3.63, 3.8) is 0 Å². The molecular formula is C16H21N3O5S. The third-order valence-electron chi connectivity index (χ3n) is 3.74. The first kappa shape index (κ1) is 18.9. The number of carboxylic acids is 1. The Morgan fingerprint density at radius 3 is 2.68 bits per heavy atom. The van der Waals surface area contributed by atoms with Gasteiger partial charge in [-0.15, -0.1) is 0 Å². The monoisotopic (exact) mass is 367 g/mol. The lowest BCUT2D eigenvalue weighted by Gasteiger charge is -2.08. The summed E-state index contributed by atoms with van der Waals surface area (Å²) in [6, 6.07) is 5.77. The molecule has 1 aliphatic rings. The number of rotatable bonds is 8. The maximum atomic E-state index is 11.9. The zero-order chi connectivity index (χ0) is 18.4. The number of nitrogens with one attached hydrogen (secondary N) is 2. The van der Waals surface area contributed by atoms with Gasteiger partial charge in [-0.05, 0) is 31.9 Å². The standard InChI is InChI=1S/C16H21N3O5S/c1-11(16(21)22)18-14(20)9-3-2-6-10-17-15-12-7-4-5-8-13(12)25(23,24)19-15/h4-5,7-8,11H,2-3,6,9-10H2,1H3,(H,17,19)(H,18,20)(H,21,22)/t11-/m1/s1. The SMILES string of the molecule is C[C@@H](NC(=O)CCCCCN=C1NS(=O)(=O)c2ccccc21)C(=O)O. The van der Waals surface area contributed by atoms with E-state index in [1.807, 2.05) is 0 Å². The van der Waals surface area contributed by atoms with E-state index in [1.165, 1.54) is 13.0 Å². The van der Waals surface area contributed by atoms with E-state index in [1.54, 1.807) is 18.2 Å². The minimum atomic E-state index is -3.51. The van der Waals surface area contributed by atoms with E-state index >= 15 is 0 Å². The van der Waals surface area contributed by atoms with Gasteiger partial charge in [-0.2, -0.15) is 0 Å². The fourth-order valence-electron chi connectivity index (χ4n) is 2.39. The van der Waals surface area contributed by atoms with E-state index in [4.69, 9.17) is 5.11 Å². The van der Waals surface area contributed by atoms with Gasteiger partial charge in [0.2, 0.25) is 5.91 Å². The molecule has 1 aromatic rings. The quantitative estimate of drug-likeness (QED) is 0.588. The van der Waals surface area contributed by atoms with Gasteiger partial charge in [0.25, 0.3) is 10.0 Å². The number of sulfonamides is 1. The first-order chi connectivity index (χ1) is 11.8. The van der Waals surface area contributed by atoms with Gasteiger partial charge in [-0.1, -0.05) is 18.6 Å². The minimum Gasteiger partial charge on any atom is -0.480 e. The molecule has 25 heavy (non-hydrogen) atoms. The number of amides is 1. The Hall–Kier alpha value is -2.42. The second-order valence-corrected chi connectivity index (χ2v) is 7.42. The molecule has 0 spiro atoms. The van der Waals surface area contributed by atoms with Crippen LogP contribution in [0.1, 0.15) is 38.2 Å². The van der Waals surface area contributed by atoms with Gasteiger partial charge < -0.3 is 10.4 Å². The van der Waals surface area contributed by atoms with Crippen LogP contribution in [0.5, 0.6) is 0 Å². The van der Waals surface area contributed by atoms with Gasteiger partial charge in [0.05, 0.1) is 4.90 Å². The van der Waals surface area contributed by atoms with Crippen LogP contribution in [0, 0.1) is 0 Å². The number of carboxylic acid groups (broad SMARTS) is 1. The van der Waals surface area contributed by atoms with Crippen LogP contribution in [0.4, 0.5) is 0 Å². The van der Waals surface area contributed by atoms with Crippen LogP contribution in [-0.4, -0.2) is 43.8 Å². The predicted molar refractivity (Wildman–Crippen MR) is 91.9 cm³/mol. The first-order valence-electron chi connectivity index (χ1n) is 8.00. The van der Waals surface area contributed by atoms with Gasteiger partial charge in [0.15, 0.2) is 0 Å². The first-order valence-corrected chi connectivity index (χ1v) is 9.48. The number of carbonyl (C=O) groups excluding carboxylic acids is 1. The molecule has 1 aromatic carbocycles. The van der Waals surface area contributed by atoms with E-state index in [9.17, 15) is 18.0 Å². The average Bonchev–Trinajstić information content (AvgIpc) is 2.82. The van der Waals surface area contributed by atoms with Crippen molar-refractivity contribution in [2.24, 2.45) is 4.99 Å². The summed E-state index contributed by atoms with van der Waals surface area (Å²) in [6.07, 6.45) is 2.31. The van der Waals surface area contributed by atoms with E-state index in [0.29, 0.717) is 30.8 Å². The topological polar surface area (TPSA) is 125 Å². The predicted octanol–water partition coefficient (Wildman–Crippen LogP) is 0.875. The van der Waals surface area contributed by atoms with Crippen molar-refractivity contribution in [2.75, 3.05) is 6.54 Å². The summed E-state index contributed by atoms with van der Waals surface area (Å²) in [5, 5.41) is 11.1. The number of carbonyl (C=O) groups is 2. The van der Waals surface area contributed by atoms with Crippen molar-refractivity contribution in [3.8, 4) is 0 Å². The van der Waals surface area contributed by atoms with Gasteiger partial charge in [0, 0.05) is 18.5 Å². The van der Waals surface area contributed by atoms with Crippen LogP contribution in [0.25, 0.3) is 0 Å². The number of unbranched alkanes of at least 4 members (excludes halogenated alkanes) is 2. The molecule has 8 nitrogen and oxygen atoms in total. The Labute approximate surface area is 146 Å². The van der Waals surface area contributed by atoms with Gasteiger partial charge in [0.1, 0.15) is 11.9 Å². The maximum Gasteiger partial charge on any atom is 0.325 e. The Kier molecular flexibility index (Phi) is 6.13. The molecular weight excluding hydrogens is 346 g/mol. The fourth-order valence-corrected chi connectivity index (χ4v) is 3.64. The third kappa shape index (κ3) is 5.02. The number of amidine groups is 1. The van der Waals surface area contributed by atoms with Crippen molar-refractivity contribution < 1.29 is 23.1 Å². The van der Waals surface area contributed by atoms with Crippen LogP contribution in [0.2, 0.25) is 0 Å². The summed E-state index contributed by atoms with van der Waals surface area (Å²) in [5.41, 5.74) is 0.574. The largest absolute Gasteiger partial charge is 0.480 e. The van der Waals surface area contributed by atoms with E-state index < -0.39 is 22.0 Å². The zero-order valence-electron chi connectivity index (χ0n) is 13.9. The van der Waals surface area contributed by atoms with Crippen LogP contribution in [0.15, 0.2) is 34.2 Å². The van der Waals surface area contributed by atoms with Crippen molar-refractivity contribution in [2.45, 2.75) is 43.5 Å². The lowest BCUT2D eigenvalue weighted by molar-refractivity contribution is -0.141. The molecule has 0 fully saturated rings. The molecule has 1 aliphatic heterocycles.